The van der Waals surface area contributed by atoms with Crippen LogP contribution >= 0.6 is 0 Å². The summed E-state index contributed by atoms with van der Waals surface area (Å²) in [5.41, 5.74) is 15.2. The third-order valence-electron chi connectivity index (χ3n) is 6.58. The molecule has 3 aromatic carbocycles. The van der Waals surface area contributed by atoms with Gasteiger partial charge in [-0.25, -0.2) is 0 Å². The highest BCUT2D eigenvalue weighted by molar-refractivity contribution is 5.92. The van der Waals surface area contributed by atoms with E-state index < -0.39 is 0 Å². The number of nitrogens with zero attached hydrogens (tertiary/aromatic N) is 2. The molecule has 3 heterocycles. The predicted molar refractivity (Wildman–Crippen MR) is 113 cm³/mol. The fraction of sp³-hybridized carbons (Fsp3) is 0.115. The Balaban J connectivity index is 1.52. The molecule has 28 heavy (non-hydrogen) atoms. The second kappa shape index (κ2) is 5.11. The summed E-state index contributed by atoms with van der Waals surface area (Å²) in [5, 5.41) is 0. The number of pyridine rings is 1. The molecular formula is C26H18N2. The lowest BCUT2D eigenvalue weighted by molar-refractivity contribution is 0.963. The summed E-state index contributed by atoms with van der Waals surface area (Å²) in [6.07, 6.45) is 4.89. The van der Waals surface area contributed by atoms with E-state index in [1.165, 1.54) is 61.7 Å². The molecule has 132 valence electrons. The van der Waals surface area contributed by atoms with Crippen LogP contribution in [0.25, 0.3) is 11.1 Å². The van der Waals surface area contributed by atoms with Gasteiger partial charge in [-0.1, -0.05) is 48.5 Å². The van der Waals surface area contributed by atoms with Gasteiger partial charge in [0, 0.05) is 19.0 Å². The Bertz CT molecular complexity index is 1300. The molecule has 0 unspecified atom stereocenters. The van der Waals surface area contributed by atoms with Crippen LogP contribution in [-0.2, 0) is 19.3 Å². The lowest BCUT2D eigenvalue weighted by Gasteiger charge is -2.39. The van der Waals surface area contributed by atoms with Gasteiger partial charge in [0.25, 0.3) is 0 Å². The molecule has 0 amide bonds. The van der Waals surface area contributed by atoms with Gasteiger partial charge < -0.3 is 4.90 Å². The van der Waals surface area contributed by atoms with Gasteiger partial charge in [-0.05, 0) is 63.6 Å². The van der Waals surface area contributed by atoms with Crippen molar-refractivity contribution < 1.29 is 0 Å². The summed E-state index contributed by atoms with van der Waals surface area (Å²) < 4.78 is 0. The highest BCUT2D eigenvalue weighted by atomic mass is 15.2. The van der Waals surface area contributed by atoms with Crippen LogP contribution in [0.2, 0.25) is 0 Å². The topological polar surface area (TPSA) is 16.1 Å². The van der Waals surface area contributed by atoms with E-state index in [2.05, 4.69) is 71.6 Å². The molecule has 2 heteroatoms. The number of fused-ring (bicyclic) bond motifs is 8. The molecule has 0 N–H and O–H groups in total. The van der Waals surface area contributed by atoms with Gasteiger partial charge in [-0.15, -0.1) is 0 Å². The zero-order valence-electron chi connectivity index (χ0n) is 15.4. The normalized spacial score (nSPS) is 14.6. The van der Waals surface area contributed by atoms with Gasteiger partial charge in [0.2, 0.25) is 0 Å². The summed E-state index contributed by atoms with van der Waals surface area (Å²) in [6.45, 7) is 0. The van der Waals surface area contributed by atoms with Crippen LogP contribution in [0, 0.1) is 0 Å². The van der Waals surface area contributed by atoms with Gasteiger partial charge in [-0.2, -0.15) is 0 Å². The van der Waals surface area contributed by atoms with E-state index >= 15 is 0 Å². The number of aromatic nitrogens is 1. The van der Waals surface area contributed by atoms with E-state index in [1.807, 2.05) is 6.20 Å². The summed E-state index contributed by atoms with van der Waals surface area (Å²) in [6, 6.07) is 24.6. The average molecular weight is 358 g/mol. The van der Waals surface area contributed by atoms with Crippen LogP contribution < -0.4 is 4.90 Å². The predicted octanol–water partition coefficient (Wildman–Crippen LogP) is 5.93. The standard InChI is InChI=1S/C26H18N2/c1-2-8-19-16(5-1)13-21-20(19)10-11-24-22(21)14-17-6-3-7-18-15-23-25(9-4-12-27-23)28(24)26(17)18/h1-12H,13-15H2. The lowest BCUT2D eigenvalue weighted by Crippen LogP contribution is -2.25. The Kier molecular flexibility index (Phi) is 2.67. The molecule has 0 saturated heterocycles. The molecule has 1 aliphatic carbocycles. The molecule has 0 radical (unpaired) electrons. The Morgan fingerprint density at radius 3 is 2.39 bits per heavy atom. The first-order chi connectivity index (χ1) is 13.9. The molecule has 4 aromatic rings. The van der Waals surface area contributed by atoms with E-state index in [1.54, 1.807) is 0 Å². The van der Waals surface area contributed by atoms with Crippen LogP contribution in [0.3, 0.4) is 0 Å². The second-order valence-electron chi connectivity index (χ2n) is 8.01. The molecule has 2 aliphatic heterocycles. The number of para-hydroxylation sites is 1. The zero-order valence-corrected chi connectivity index (χ0v) is 15.4. The van der Waals surface area contributed by atoms with E-state index in [4.69, 9.17) is 4.98 Å². The monoisotopic (exact) mass is 358 g/mol. The van der Waals surface area contributed by atoms with Crippen LogP contribution in [0.4, 0.5) is 17.1 Å². The quantitative estimate of drug-likeness (QED) is 0.334. The van der Waals surface area contributed by atoms with E-state index in [-0.39, 0.29) is 0 Å². The number of rotatable bonds is 0. The second-order valence-corrected chi connectivity index (χ2v) is 8.01. The molecule has 3 aliphatic rings. The smallest absolute Gasteiger partial charge is 0.0688 e. The van der Waals surface area contributed by atoms with Crippen molar-refractivity contribution in [2.24, 2.45) is 0 Å². The zero-order chi connectivity index (χ0) is 18.2. The first kappa shape index (κ1) is 14.6. The Hall–Kier alpha value is -3.39. The van der Waals surface area contributed by atoms with Gasteiger partial charge in [0.05, 0.1) is 22.8 Å². The van der Waals surface area contributed by atoms with E-state index in [9.17, 15) is 0 Å². The number of benzene rings is 3. The Morgan fingerprint density at radius 2 is 1.43 bits per heavy atom. The van der Waals surface area contributed by atoms with Crippen LogP contribution in [0.1, 0.15) is 33.5 Å². The summed E-state index contributed by atoms with van der Waals surface area (Å²) >= 11 is 0. The molecule has 2 nitrogen and oxygen atoms in total. The van der Waals surface area contributed by atoms with Gasteiger partial charge in [0.1, 0.15) is 0 Å². The van der Waals surface area contributed by atoms with Crippen molar-refractivity contribution in [3.8, 4) is 11.1 Å². The third kappa shape index (κ3) is 1.75. The molecule has 0 bridgehead atoms. The summed E-state index contributed by atoms with van der Waals surface area (Å²) in [4.78, 5) is 7.18. The Labute approximate surface area is 164 Å². The fourth-order valence-electron chi connectivity index (χ4n) is 5.40. The number of anilines is 3. The van der Waals surface area contributed by atoms with Crippen molar-refractivity contribution >= 4 is 17.1 Å². The average Bonchev–Trinajstić information content (AvgIpc) is 3.13. The number of hydrogen-bond donors (Lipinski definition) is 0. The van der Waals surface area contributed by atoms with Crippen molar-refractivity contribution in [3.05, 3.63) is 106 Å². The maximum absolute atomic E-state index is 4.71. The van der Waals surface area contributed by atoms with Crippen LogP contribution in [0.5, 0.6) is 0 Å². The van der Waals surface area contributed by atoms with Crippen molar-refractivity contribution in [1.82, 2.24) is 4.98 Å². The lowest BCUT2D eigenvalue weighted by atomic mass is 9.85. The van der Waals surface area contributed by atoms with Crippen molar-refractivity contribution in [1.29, 1.82) is 0 Å². The molecule has 7 rings (SSSR count). The van der Waals surface area contributed by atoms with Crippen LogP contribution in [-0.4, -0.2) is 4.98 Å². The molecule has 0 saturated carbocycles. The van der Waals surface area contributed by atoms with Gasteiger partial charge in [0.15, 0.2) is 0 Å². The maximum Gasteiger partial charge on any atom is 0.0688 e. The van der Waals surface area contributed by atoms with Gasteiger partial charge in [-0.3, -0.25) is 4.98 Å². The minimum absolute atomic E-state index is 0.918. The largest absolute Gasteiger partial charge is 0.308 e. The summed E-state index contributed by atoms with van der Waals surface area (Å²) in [5.74, 6) is 0. The SMILES string of the molecule is c1ccc2c(c1)Cc1c-2ccc2c1Cc1cccc3c1N2c1cccnc1C3. The van der Waals surface area contributed by atoms with Crippen LogP contribution in [0.15, 0.2) is 72.9 Å². The highest BCUT2D eigenvalue weighted by Crippen LogP contribution is 2.52. The number of hydrogen-bond acceptors (Lipinski definition) is 2. The molecular weight excluding hydrogens is 340 g/mol. The maximum atomic E-state index is 4.71. The Morgan fingerprint density at radius 1 is 0.607 bits per heavy atom. The molecule has 0 fully saturated rings. The van der Waals surface area contributed by atoms with E-state index in [0.717, 1.165) is 19.3 Å². The third-order valence-corrected chi connectivity index (χ3v) is 6.58. The first-order valence-electron chi connectivity index (χ1n) is 9.96. The fourth-order valence-corrected chi connectivity index (χ4v) is 5.40. The molecule has 0 atom stereocenters. The summed E-state index contributed by atoms with van der Waals surface area (Å²) in [7, 11) is 0. The molecule has 1 aromatic heterocycles. The van der Waals surface area contributed by atoms with Crippen molar-refractivity contribution in [2.75, 3.05) is 4.90 Å². The minimum atomic E-state index is 0.918. The minimum Gasteiger partial charge on any atom is -0.308 e. The van der Waals surface area contributed by atoms with E-state index in [0.29, 0.717) is 0 Å². The van der Waals surface area contributed by atoms with Crippen molar-refractivity contribution in [2.45, 2.75) is 19.3 Å². The molecule has 0 spiro atoms. The highest BCUT2D eigenvalue weighted by Gasteiger charge is 2.34. The van der Waals surface area contributed by atoms with Crippen molar-refractivity contribution in [3.63, 3.8) is 0 Å². The first-order valence-corrected chi connectivity index (χ1v) is 9.96. The van der Waals surface area contributed by atoms with Gasteiger partial charge >= 0.3 is 0 Å².